The van der Waals surface area contributed by atoms with E-state index in [1.807, 2.05) is 0 Å². The Kier molecular flexibility index (Phi) is 6.62. The molecule has 0 unspecified atom stereocenters. The number of carboxylic acid groups (broad SMARTS) is 1. The van der Waals surface area contributed by atoms with Crippen LogP contribution in [0.2, 0.25) is 0 Å². The monoisotopic (exact) mass is 272 g/mol. The van der Waals surface area contributed by atoms with E-state index >= 15 is 0 Å². The molecule has 0 saturated carbocycles. The van der Waals surface area contributed by atoms with Crippen molar-refractivity contribution in [3.63, 3.8) is 0 Å². The van der Waals surface area contributed by atoms with E-state index in [4.69, 9.17) is 9.84 Å². The molecule has 0 spiro atoms. The summed E-state index contributed by atoms with van der Waals surface area (Å²) in [6.45, 7) is 4.84. The molecule has 3 N–H and O–H groups in total. The van der Waals surface area contributed by atoms with Crippen LogP contribution in [0.3, 0.4) is 0 Å². The molecule has 0 bridgehead atoms. The molecule has 110 valence electrons. The predicted molar refractivity (Wildman–Crippen MR) is 71.0 cm³/mol. The van der Waals surface area contributed by atoms with Crippen LogP contribution in [0, 0.1) is 5.41 Å². The number of hydrogen-bond acceptors (Lipinski definition) is 3. The van der Waals surface area contributed by atoms with Gasteiger partial charge in [0.25, 0.3) is 0 Å². The van der Waals surface area contributed by atoms with Crippen LogP contribution in [0.1, 0.15) is 39.0 Å². The van der Waals surface area contributed by atoms with Gasteiger partial charge in [-0.05, 0) is 31.1 Å². The summed E-state index contributed by atoms with van der Waals surface area (Å²) in [7, 11) is 0. The van der Waals surface area contributed by atoms with Crippen LogP contribution in [-0.4, -0.2) is 43.4 Å². The molecule has 0 atom stereocenters. The highest BCUT2D eigenvalue weighted by Gasteiger charge is 2.27. The minimum absolute atomic E-state index is 0.124. The second kappa shape index (κ2) is 7.99. The fourth-order valence-electron chi connectivity index (χ4n) is 2.00. The van der Waals surface area contributed by atoms with Crippen molar-refractivity contribution in [1.29, 1.82) is 0 Å². The second-order valence-corrected chi connectivity index (χ2v) is 5.38. The van der Waals surface area contributed by atoms with Crippen LogP contribution >= 0.6 is 0 Å². The Balaban J connectivity index is 2.05. The lowest BCUT2D eigenvalue weighted by atomic mass is 9.82. The van der Waals surface area contributed by atoms with Crippen LogP contribution in [0.4, 0.5) is 4.79 Å². The van der Waals surface area contributed by atoms with Gasteiger partial charge >= 0.3 is 12.0 Å². The number of unbranched alkanes of at least 4 members (excludes halogenated alkanes) is 1. The molecule has 0 aromatic carbocycles. The molecule has 1 rings (SSSR count). The van der Waals surface area contributed by atoms with Gasteiger partial charge in [-0.25, -0.2) is 4.79 Å². The second-order valence-electron chi connectivity index (χ2n) is 5.38. The standard InChI is InChI=1S/C13H24N2O4/c1-13(5-8-19-9-6-13)10-15-12(18)14-7-3-2-4-11(16)17/h2-10H2,1H3,(H,16,17)(H2,14,15,18). The minimum atomic E-state index is -0.795. The number of carbonyl (C=O) groups is 2. The van der Waals surface area contributed by atoms with Gasteiger partial charge < -0.3 is 20.5 Å². The molecule has 1 saturated heterocycles. The number of aliphatic carboxylic acids is 1. The van der Waals surface area contributed by atoms with Gasteiger partial charge in [0.1, 0.15) is 0 Å². The van der Waals surface area contributed by atoms with Crippen molar-refractivity contribution in [3.05, 3.63) is 0 Å². The summed E-state index contributed by atoms with van der Waals surface area (Å²) in [4.78, 5) is 21.9. The average molecular weight is 272 g/mol. The molecule has 6 heteroatoms. The van der Waals surface area contributed by atoms with Gasteiger partial charge in [-0.1, -0.05) is 6.92 Å². The van der Waals surface area contributed by atoms with Gasteiger partial charge in [0, 0.05) is 32.7 Å². The van der Waals surface area contributed by atoms with E-state index in [0.717, 1.165) is 26.1 Å². The molecular formula is C13H24N2O4. The number of nitrogens with one attached hydrogen (secondary N) is 2. The quantitative estimate of drug-likeness (QED) is 0.611. The van der Waals surface area contributed by atoms with Crippen LogP contribution in [0.15, 0.2) is 0 Å². The topological polar surface area (TPSA) is 87.7 Å². The van der Waals surface area contributed by atoms with Gasteiger partial charge in [-0.2, -0.15) is 0 Å². The average Bonchev–Trinajstić information content (AvgIpc) is 2.37. The van der Waals surface area contributed by atoms with E-state index in [0.29, 0.717) is 25.9 Å². The molecule has 0 radical (unpaired) electrons. The van der Waals surface area contributed by atoms with Crippen LogP contribution < -0.4 is 10.6 Å². The van der Waals surface area contributed by atoms with Gasteiger partial charge in [-0.3, -0.25) is 4.79 Å². The number of ether oxygens (including phenoxy) is 1. The largest absolute Gasteiger partial charge is 0.481 e. The fourth-order valence-corrected chi connectivity index (χ4v) is 2.00. The molecule has 0 aromatic rings. The summed E-state index contributed by atoms with van der Waals surface area (Å²) in [5.41, 5.74) is 0.124. The molecule has 0 aliphatic carbocycles. The Labute approximate surface area is 113 Å². The normalized spacial score (nSPS) is 17.7. The number of hydrogen-bond donors (Lipinski definition) is 3. The highest BCUT2D eigenvalue weighted by molar-refractivity contribution is 5.73. The Morgan fingerprint density at radius 3 is 2.53 bits per heavy atom. The lowest BCUT2D eigenvalue weighted by Crippen LogP contribution is -2.43. The SMILES string of the molecule is CC1(CNC(=O)NCCCCC(=O)O)CCOCC1. The summed E-state index contributed by atoms with van der Waals surface area (Å²) in [5, 5.41) is 14.1. The maximum absolute atomic E-state index is 11.6. The molecule has 19 heavy (non-hydrogen) atoms. The molecule has 2 amide bonds. The van der Waals surface area contributed by atoms with Crippen LogP contribution in [0.5, 0.6) is 0 Å². The highest BCUT2D eigenvalue weighted by atomic mass is 16.5. The fraction of sp³-hybridized carbons (Fsp3) is 0.846. The third-order valence-corrected chi connectivity index (χ3v) is 3.48. The predicted octanol–water partition coefficient (Wildman–Crippen LogP) is 1.36. The van der Waals surface area contributed by atoms with Crippen molar-refractivity contribution in [1.82, 2.24) is 10.6 Å². The number of rotatable bonds is 7. The number of carbonyl (C=O) groups excluding carboxylic acids is 1. The highest BCUT2D eigenvalue weighted by Crippen LogP contribution is 2.28. The first-order chi connectivity index (χ1) is 9.02. The van der Waals surface area contributed by atoms with E-state index in [2.05, 4.69) is 17.6 Å². The molecule has 6 nitrogen and oxygen atoms in total. The van der Waals surface area contributed by atoms with Crippen LogP contribution in [-0.2, 0) is 9.53 Å². The van der Waals surface area contributed by atoms with Crippen molar-refractivity contribution < 1.29 is 19.4 Å². The smallest absolute Gasteiger partial charge is 0.314 e. The van der Waals surface area contributed by atoms with E-state index in [9.17, 15) is 9.59 Å². The summed E-state index contributed by atoms with van der Waals surface area (Å²) < 4.78 is 5.31. The molecule has 1 fully saturated rings. The first kappa shape index (κ1) is 15.8. The maximum Gasteiger partial charge on any atom is 0.314 e. The zero-order valence-electron chi connectivity index (χ0n) is 11.5. The summed E-state index contributed by atoms with van der Waals surface area (Å²) in [6, 6.07) is -0.178. The molecule has 1 aliphatic rings. The molecule has 1 aliphatic heterocycles. The summed E-state index contributed by atoms with van der Waals surface area (Å²) >= 11 is 0. The zero-order chi connectivity index (χ0) is 14.1. The molecular weight excluding hydrogens is 248 g/mol. The molecule has 0 aromatic heterocycles. The maximum atomic E-state index is 11.6. The Bertz CT molecular complexity index is 301. The van der Waals surface area contributed by atoms with Crippen molar-refractivity contribution >= 4 is 12.0 Å². The van der Waals surface area contributed by atoms with E-state index in [-0.39, 0.29) is 17.9 Å². The van der Waals surface area contributed by atoms with E-state index < -0.39 is 5.97 Å². The first-order valence-electron chi connectivity index (χ1n) is 6.83. The van der Waals surface area contributed by atoms with Crippen molar-refractivity contribution in [3.8, 4) is 0 Å². The Morgan fingerprint density at radius 2 is 1.89 bits per heavy atom. The van der Waals surface area contributed by atoms with E-state index in [1.165, 1.54) is 0 Å². The lowest BCUT2D eigenvalue weighted by Gasteiger charge is -2.33. The van der Waals surface area contributed by atoms with Crippen molar-refractivity contribution in [2.24, 2.45) is 5.41 Å². The summed E-state index contributed by atoms with van der Waals surface area (Å²) in [6.07, 6.45) is 3.36. The number of amides is 2. The third-order valence-electron chi connectivity index (χ3n) is 3.48. The zero-order valence-corrected chi connectivity index (χ0v) is 11.5. The van der Waals surface area contributed by atoms with E-state index in [1.54, 1.807) is 0 Å². The van der Waals surface area contributed by atoms with Gasteiger partial charge in [0.2, 0.25) is 0 Å². The van der Waals surface area contributed by atoms with Gasteiger partial charge in [0.05, 0.1) is 0 Å². The first-order valence-corrected chi connectivity index (χ1v) is 6.83. The van der Waals surface area contributed by atoms with Crippen molar-refractivity contribution in [2.45, 2.75) is 39.0 Å². The van der Waals surface area contributed by atoms with Gasteiger partial charge in [-0.15, -0.1) is 0 Å². The lowest BCUT2D eigenvalue weighted by molar-refractivity contribution is -0.137. The van der Waals surface area contributed by atoms with Crippen LogP contribution in [0.25, 0.3) is 0 Å². The van der Waals surface area contributed by atoms with Gasteiger partial charge in [0.15, 0.2) is 0 Å². The Hall–Kier alpha value is -1.30. The minimum Gasteiger partial charge on any atom is -0.481 e. The number of urea groups is 1. The Morgan fingerprint density at radius 1 is 1.21 bits per heavy atom. The molecule has 1 heterocycles. The summed E-state index contributed by atoms with van der Waals surface area (Å²) in [5.74, 6) is -0.795. The van der Waals surface area contributed by atoms with Crippen molar-refractivity contribution in [2.75, 3.05) is 26.3 Å². The number of carboxylic acids is 1. The third kappa shape index (κ3) is 7.00.